The van der Waals surface area contributed by atoms with E-state index in [1.54, 1.807) is 12.4 Å². The zero-order valence-corrected chi connectivity index (χ0v) is 12.3. The van der Waals surface area contributed by atoms with E-state index in [1.807, 2.05) is 44.5 Å². The first-order chi connectivity index (χ1) is 9.56. The summed E-state index contributed by atoms with van der Waals surface area (Å²) in [6.07, 6.45) is 3.44. The maximum Gasteiger partial charge on any atom is 0.313 e. The summed E-state index contributed by atoms with van der Waals surface area (Å²) in [5.74, 6) is -0.529. The number of hydrogen-bond acceptors (Lipinski definition) is 4. The Bertz CT molecular complexity index is 605. The van der Waals surface area contributed by atoms with E-state index in [1.165, 1.54) is 0 Å². The largest absolute Gasteiger partial charge is 0.466 e. The quantitative estimate of drug-likeness (QED) is 0.803. The van der Waals surface area contributed by atoms with Crippen molar-refractivity contribution in [2.75, 3.05) is 6.61 Å². The molecule has 20 heavy (non-hydrogen) atoms. The Kier molecular flexibility index (Phi) is 4.17. The summed E-state index contributed by atoms with van der Waals surface area (Å²) in [4.78, 5) is 15.9. The van der Waals surface area contributed by atoms with Gasteiger partial charge in [-0.25, -0.2) is 4.68 Å². The summed E-state index contributed by atoms with van der Waals surface area (Å²) >= 11 is 0. The minimum absolute atomic E-state index is 0.215. The van der Waals surface area contributed by atoms with Gasteiger partial charge in [-0.2, -0.15) is 5.10 Å². The molecule has 0 radical (unpaired) electrons. The number of aromatic nitrogens is 3. The van der Waals surface area contributed by atoms with Gasteiger partial charge < -0.3 is 4.74 Å². The lowest BCUT2D eigenvalue weighted by Crippen LogP contribution is -2.14. The van der Waals surface area contributed by atoms with E-state index in [0.717, 1.165) is 22.6 Å². The fraction of sp³-hybridized carbons (Fsp3) is 0.400. The first-order valence-corrected chi connectivity index (χ1v) is 6.69. The summed E-state index contributed by atoms with van der Waals surface area (Å²) in [6.45, 7) is 7.93. The van der Waals surface area contributed by atoms with E-state index in [2.05, 4.69) is 10.1 Å². The Morgan fingerprint density at radius 1 is 1.35 bits per heavy atom. The van der Waals surface area contributed by atoms with Gasteiger partial charge in [-0.05, 0) is 39.8 Å². The van der Waals surface area contributed by atoms with Crippen molar-refractivity contribution < 1.29 is 9.53 Å². The van der Waals surface area contributed by atoms with Gasteiger partial charge in [-0.15, -0.1) is 0 Å². The molecular weight excluding hydrogens is 254 g/mol. The maximum absolute atomic E-state index is 11.9. The van der Waals surface area contributed by atoms with Crippen LogP contribution in [0.2, 0.25) is 0 Å². The average molecular weight is 273 g/mol. The highest BCUT2D eigenvalue weighted by molar-refractivity contribution is 5.78. The Balaban J connectivity index is 2.42. The van der Waals surface area contributed by atoms with E-state index in [-0.39, 0.29) is 11.9 Å². The molecule has 1 atom stereocenters. The van der Waals surface area contributed by atoms with Gasteiger partial charge in [0.2, 0.25) is 0 Å². The van der Waals surface area contributed by atoms with Crippen LogP contribution in [0.25, 0.3) is 5.69 Å². The summed E-state index contributed by atoms with van der Waals surface area (Å²) in [5, 5.41) is 4.53. The van der Waals surface area contributed by atoms with Crippen molar-refractivity contribution in [2.45, 2.75) is 33.6 Å². The van der Waals surface area contributed by atoms with E-state index < -0.39 is 0 Å². The Labute approximate surface area is 118 Å². The monoisotopic (exact) mass is 273 g/mol. The highest BCUT2D eigenvalue weighted by atomic mass is 16.5. The molecule has 2 aromatic heterocycles. The summed E-state index contributed by atoms with van der Waals surface area (Å²) in [7, 11) is 0. The van der Waals surface area contributed by atoms with Crippen LogP contribution in [-0.4, -0.2) is 27.3 Å². The van der Waals surface area contributed by atoms with Crippen LogP contribution in [0.4, 0.5) is 0 Å². The molecule has 0 amide bonds. The van der Waals surface area contributed by atoms with E-state index in [9.17, 15) is 4.79 Å². The standard InChI is InChI=1S/C15H19N3O2/c1-5-20-15(19)10(2)14-11(3)17-18(12(14)4)13-6-8-16-9-7-13/h6-10H,5H2,1-4H3. The second-order valence-corrected chi connectivity index (χ2v) is 4.68. The number of pyridine rings is 1. The Morgan fingerprint density at radius 2 is 2.00 bits per heavy atom. The van der Waals surface area contributed by atoms with Crippen LogP contribution in [0.3, 0.4) is 0 Å². The van der Waals surface area contributed by atoms with Gasteiger partial charge in [-0.3, -0.25) is 9.78 Å². The van der Waals surface area contributed by atoms with E-state index in [0.29, 0.717) is 6.61 Å². The number of rotatable bonds is 4. The summed E-state index contributed by atoms with van der Waals surface area (Å²) in [6, 6.07) is 3.77. The Morgan fingerprint density at radius 3 is 2.60 bits per heavy atom. The number of ether oxygens (including phenoxy) is 1. The minimum atomic E-state index is -0.314. The summed E-state index contributed by atoms with van der Waals surface area (Å²) < 4.78 is 6.93. The van der Waals surface area contributed by atoms with Crippen LogP contribution in [0, 0.1) is 13.8 Å². The van der Waals surface area contributed by atoms with Gasteiger partial charge in [0.15, 0.2) is 0 Å². The number of nitrogens with zero attached hydrogens (tertiary/aromatic N) is 3. The van der Waals surface area contributed by atoms with Gasteiger partial charge in [-0.1, -0.05) is 0 Å². The Hall–Kier alpha value is -2.17. The lowest BCUT2D eigenvalue weighted by Gasteiger charge is -2.11. The molecule has 0 N–H and O–H groups in total. The first kappa shape index (κ1) is 14.2. The van der Waals surface area contributed by atoms with E-state index >= 15 is 0 Å². The first-order valence-electron chi connectivity index (χ1n) is 6.69. The van der Waals surface area contributed by atoms with Gasteiger partial charge in [0, 0.05) is 23.7 Å². The molecule has 0 saturated heterocycles. The SMILES string of the molecule is CCOC(=O)C(C)c1c(C)nn(-c2ccncc2)c1C. The van der Waals surface area contributed by atoms with Crippen LogP contribution in [-0.2, 0) is 9.53 Å². The second kappa shape index (κ2) is 5.86. The molecule has 2 aromatic rings. The fourth-order valence-corrected chi connectivity index (χ4v) is 2.40. The molecule has 0 aliphatic rings. The molecule has 0 fully saturated rings. The highest BCUT2D eigenvalue weighted by Gasteiger charge is 2.24. The van der Waals surface area contributed by atoms with Crippen LogP contribution >= 0.6 is 0 Å². The third-order valence-corrected chi connectivity index (χ3v) is 3.33. The van der Waals surface area contributed by atoms with Crippen molar-refractivity contribution in [2.24, 2.45) is 0 Å². The van der Waals surface area contributed by atoms with Crippen molar-refractivity contribution >= 4 is 5.97 Å². The molecule has 2 heterocycles. The second-order valence-electron chi connectivity index (χ2n) is 4.68. The van der Waals surface area contributed by atoms with Crippen molar-refractivity contribution in [1.29, 1.82) is 0 Å². The topological polar surface area (TPSA) is 57.0 Å². The van der Waals surface area contributed by atoms with Crippen LogP contribution in [0.5, 0.6) is 0 Å². The smallest absolute Gasteiger partial charge is 0.313 e. The van der Waals surface area contributed by atoms with Gasteiger partial charge >= 0.3 is 5.97 Å². The van der Waals surface area contributed by atoms with Crippen molar-refractivity contribution in [1.82, 2.24) is 14.8 Å². The molecular formula is C15H19N3O2. The zero-order chi connectivity index (χ0) is 14.7. The maximum atomic E-state index is 11.9. The van der Waals surface area contributed by atoms with Crippen LogP contribution in [0.15, 0.2) is 24.5 Å². The molecule has 2 rings (SSSR count). The van der Waals surface area contributed by atoms with Gasteiger partial charge in [0.05, 0.1) is 23.9 Å². The number of hydrogen-bond donors (Lipinski definition) is 0. The average Bonchev–Trinajstić information content (AvgIpc) is 2.74. The lowest BCUT2D eigenvalue weighted by molar-refractivity contribution is -0.144. The number of carbonyl (C=O) groups is 1. The van der Waals surface area contributed by atoms with Crippen molar-refractivity contribution in [3.05, 3.63) is 41.5 Å². The van der Waals surface area contributed by atoms with Crippen molar-refractivity contribution in [3.8, 4) is 5.69 Å². The summed E-state index contributed by atoms with van der Waals surface area (Å²) in [5.41, 5.74) is 3.66. The molecule has 5 heteroatoms. The lowest BCUT2D eigenvalue weighted by atomic mass is 9.99. The zero-order valence-electron chi connectivity index (χ0n) is 12.3. The molecule has 0 saturated carbocycles. The molecule has 0 bridgehead atoms. The van der Waals surface area contributed by atoms with Crippen LogP contribution < -0.4 is 0 Å². The predicted molar refractivity (Wildman–Crippen MR) is 75.9 cm³/mol. The molecule has 106 valence electrons. The number of carbonyl (C=O) groups excluding carboxylic acids is 1. The molecule has 5 nitrogen and oxygen atoms in total. The molecule has 0 spiro atoms. The minimum Gasteiger partial charge on any atom is -0.466 e. The van der Waals surface area contributed by atoms with Crippen molar-refractivity contribution in [3.63, 3.8) is 0 Å². The fourth-order valence-electron chi connectivity index (χ4n) is 2.40. The molecule has 0 aromatic carbocycles. The third-order valence-electron chi connectivity index (χ3n) is 3.33. The van der Waals surface area contributed by atoms with Crippen LogP contribution in [0.1, 0.15) is 36.7 Å². The molecule has 0 aliphatic heterocycles. The van der Waals surface area contributed by atoms with Gasteiger partial charge in [0.1, 0.15) is 0 Å². The van der Waals surface area contributed by atoms with Gasteiger partial charge in [0.25, 0.3) is 0 Å². The molecule has 1 unspecified atom stereocenters. The molecule has 0 aliphatic carbocycles. The van der Waals surface area contributed by atoms with E-state index in [4.69, 9.17) is 4.74 Å². The number of aryl methyl sites for hydroxylation is 1. The highest BCUT2D eigenvalue weighted by Crippen LogP contribution is 2.26. The normalized spacial score (nSPS) is 12.2. The predicted octanol–water partition coefficient (Wildman–Crippen LogP) is 2.55. The number of esters is 1. The third kappa shape index (κ3) is 2.57.